The molecule has 0 atom stereocenters. The maximum atomic E-state index is 12.5. The van der Waals surface area contributed by atoms with Crippen molar-refractivity contribution in [3.8, 4) is 18.1 Å². The van der Waals surface area contributed by atoms with E-state index in [1.165, 1.54) is 11.3 Å². The van der Waals surface area contributed by atoms with Crippen LogP contribution in [0.4, 0.5) is 0 Å². The molecule has 0 radical (unpaired) electrons. The van der Waals surface area contributed by atoms with Crippen molar-refractivity contribution in [1.82, 2.24) is 4.57 Å². The van der Waals surface area contributed by atoms with Crippen LogP contribution in [0.25, 0.3) is 10.2 Å². The van der Waals surface area contributed by atoms with Gasteiger partial charge in [-0.25, -0.2) is 0 Å². The number of amides is 1. The minimum Gasteiger partial charge on any atom is -0.492 e. The highest BCUT2D eigenvalue weighted by atomic mass is 35.5. The molecule has 3 aromatic rings. The van der Waals surface area contributed by atoms with Crippen LogP contribution in [0, 0.1) is 12.3 Å². The Balaban J connectivity index is 2.16. The van der Waals surface area contributed by atoms with Crippen LogP contribution in [0.3, 0.4) is 0 Å². The van der Waals surface area contributed by atoms with Crippen LogP contribution in [0.1, 0.15) is 17.3 Å². The molecule has 3 rings (SSSR count). The van der Waals surface area contributed by atoms with E-state index in [1.807, 2.05) is 29.7 Å². The number of hydrogen-bond donors (Lipinski definition) is 0. The molecule has 1 amide bonds. The Hall–Kier alpha value is -2.55. The number of rotatable bonds is 4. The zero-order valence-corrected chi connectivity index (χ0v) is 15.1. The summed E-state index contributed by atoms with van der Waals surface area (Å²) in [4.78, 5) is 17.3. The van der Waals surface area contributed by atoms with Crippen molar-refractivity contribution in [3.63, 3.8) is 0 Å². The standard InChI is InChI=1S/C19H15ClN2O2S/c1-3-12-22-17-15(24-4-2)6-5-7-16(17)25-19(22)21-18(23)13-8-10-14(20)11-9-13/h1,5-11H,4,12H2,2H3. The summed E-state index contributed by atoms with van der Waals surface area (Å²) in [5.74, 6) is 3.01. The van der Waals surface area contributed by atoms with Crippen molar-refractivity contribution in [2.24, 2.45) is 4.99 Å². The highest BCUT2D eigenvalue weighted by Gasteiger charge is 2.12. The largest absolute Gasteiger partial charge is 0.492 e. The minimum atomic E-state index is -0.341. The number of hydrogen-bond acceptors (Lipinski definition) is 3. The van der Waals surface area contributed by atoms with Gasteiger partial charge in [-0.3, -0.25) is 4.79 Å². The molecule has 0 aliphatic heterocycles. The third kappa shape index (κ3) is 3.60. The molecule has 25 heavy (non-hydrogen) atoms. The predicted octanol–water partition coefficient (Wildman–Crippen LogP) is 4.13. The first-order valence-electron chi connectivity index (χ1n) is 7.67. The van der Waals surface area contributed by atoms with Gasteiger partial charge in [0.05, 0.1) is 17.9 Å². The predicted molar refractivity (Wildman–Crippen MR) is 101 cm³/mol. The molecule has 0 fully saturated rings. The van der Waals surface area contributed by atoms with E-state index in [4.69, 9.17) is 22.8 Å². The fourth-order valence-corrected chi connectivity index (χ4v) is 3.61. The van der Waals surface area contributed by atoms with E-state index < -0.39 is 0 Å². The number of thiazole rings is 1. The van der Waals surface area contributed by atoms with Crippen LogP contribution in [-0.4, -0.2) is 17.1 Å². The molecule has 0 aliphatic carbocycles. The third-order valence-electron chi connectivity index (χ3n) is 3.50. The highest BCUT2D eigenvalue weighted by Crippen LogP contribution is 2.27. The lowest BCUT2D eigenvalue weighted by atomic mass is 10.2. The summed E-state index contributed by atoms with van der Waals surface area (Å²) < 4.78 is 8.49. The highest BCUT2D eigenvalue weighted by molar-refractivity contribution is 7.16. The van der Waals surface area contributed by atoms with Gasteiger partial charge < -0.3 is 9.30 Å². The SMILES string of the molecule is C#CCn1c(=NC(=O)c2ccc(Cl)cc2)sc2cccc(OCC)c21. The lowest BCUT2D eigenvalue weighted by Gasteiger charge is -2.07. The van der Waals surface area contributed by atoms with Gasteiger partial charge >= 0.3 is 0 Å². The molecular weight excluding hydrogens is 356 g/mol. The van der Waals surface area contributed by atoms with Crippen LogP contribution < -0.4 is 9.54 Å². The van der Waals surface area contributed by atoms with Gasteiger partial charge in [-0.05, 0) is 43.3 Å². The summed E-state index contributed by atoms with van der Waals surface area (Å²) in [6.45, 7) is 2.77. The first kappa shape index (κ1) is 17.3. The monoisotopic (exact) mass is 370 g/mol. The van der Waals surface area contributed by atoms with Gasteiger partial charge in [-0.15, -0.1) is 6.42 Å². The lowest BCUT2D eigenvalue weighted by Crippen LogP contribution is -2.17. The quantitative estimate of drug-likeness (QED) is 0.648. The normalized spacial score (nSPS) is 11.5. The summed E-state index contributed by atoms with van der Waals surface area (Å²) in [5, 5.41) is 0.571. The Morgan fingerprint density at radius 2 is 2.08 bits per heavy atom. The number of carbonyl (C=O) groups is 1. The molecule has 0 spiro atoms. The molecule has 2 aromatic carbocycles. The molecule has 0 unspecified atom stereocenters. The van der Waals surface area contributed by atoms with Crippen molar-refractivity contribution in [2.45, 2.75) is 13.5 Å². The number of benzene rings is 2. The van der Waals surface area contributed by atoms with E-state index in [9.17, 15) is 4.79 Å². The maximum absolute atomic E-state index is 12.5. The Morgan fingerprint density at radius 1 is 1.32 bits per heavy atom. The van der Waals surface area contributed by atoms with E-state index in [-0.39, 0.29) is 5.91 Å². The zero-order valence-electron chi connectivity index (χ0n) is 13.5. The molecule has 0 saturated carbocycles. The van der Waals surface area contributed by atoms with Gasteiger partial charge in [0, 0.05) is 10.6 Å². The molecule has 1 heterocycles. The first-order chi connectivity index (χ1) is 12.1. The number of aromatic nitrogens is 1. The van der Waals surface area contributed by atoms with E-state index in [0.29, 0.717) is 28.5 Å². The van der Waals surface area contributed by atoms with Crippen molar-refractivity contribution in [3.05, 3.63) is 57.9 Å². The average molecular weight is 371 g/mol. The molecule has 126 valence electrons. The molecule has 0 saturated heterocycles. The number of halogens is 1. The van der Waals surface area contributed by atoms with Gasteiger partial charge in [0.15, 0.2) is 4.80 Å². The number of carbonyl (C=O) groups excluding carboxylic acids is 1. The summed E-state index contributed by atoms with van der Waals surface area (Å²) in [6, 6.07) is 12.4. The summed E-state index contributed by atoms with van der Waals surface area (Å²) in [6.07, 6.45) is 5.51. The van der Waals surface area contributed by atoms with Crippen LogP contribution in [0.5, 0.6) is 5.75 Å². The van der Waals surface area contributed by atoms with Gasteiger partial charge in [-0.2, -0.15) is 4.99 Å². The van der Waals surface area contributed by atoms with E-state index in [0.717, 1.165) is 16.0 Å². The molecule has 6 heteroatoms. The summed E-state index contributed by atoms with van der Waals surface area (Å²) >= 11 is 7.27. The lowest BCUT2D eigenvalue weighted by molar-refractivity contribution is 0.0998. The Labute approximate surface area is 154 Å². The second-order valence-electron chi connectivity index (χ2n) is 5.13. The number of nitrogens with zero attached hydrogens (tertiary/aromatic N) is 2. The first-order valence-corrected chi connectivity index (χ1v) is 8.86. The number of para-hydroxylation sites is 1. The topological polar surface area (TPSA) is 43.6 Å². The fourth-order valence-electron chi connectivity index (χ4n) is 2.44. The summed E-state index contributed by atoms with van der Waals surface area (Å²) in [7, 11) is 0. The zero-order chi connectivity index (χ0) is 17.8. The van der Waals surface area contributed by atoms with Crippen LogP contribution in [0.15, 0.2) is 47.5 Å². The molecule has 0 bridgehead atoms. The smallest absolute Gasteiger partial charge is 0.279 e. The maximum Gasteiger partial charge on any atom is 0.279 e. The van der Waals surface area contributed by atoms with Crippen molar-refractivity contribution in [2.75, 3.05) is 6.61 Å². The Kier molecular flexibility index (Phi) is 5.22. The molecular formula is C19H15ClN2O2S. The molecule has 4 nitrogen and oxygen atoms in total. The number of ether oxygens (including phenoxy) is 1. The minimum absolute atomic E-state index is 0.302. The van der Waals surface area contributed by atoms with Crippen molar-refractivity contribution >= 4 is 39.1 Å². The van der Waals surface area contributed by atoms with E-state index >= 15 is 0 Å². The second-order valence-corrected chi connectivity index (χ2v) is 6.58. The van der Waals surface area contributed by atoms with Gasteiger partial charge in [0.25, 0.3) is 5.91 Å². The number of fused-ring (bicyclic) bond motifs is 1. The molecule has 0 N–H and O–H groups in total. The molecule has 0 aliphatic rings. The van der Waals surface area contributed by atoms with Crippen LogP contribution in [-0.2, 0) is 6.54 Å². The Bertz CT molecular complexity index is 1030. The van der Waals surface area contributed by atoms with E-state index in [1.54, 1.807) is 24.3 Å². The summed E-state index contributed by atoms with van der Waals surface area (Å²) in [5.41, 5.74) is 1.33. The average Bonchev–Trinajstić information content (AvgIpc) is 2.94. The second kappa shape index (κ2) is 7.56. The van der Waals surface area contributed by atoms with Crippen molar-refractivity contribution < 1.29 is 9.53 Å². The third-order valence-corrected chi connectivity index (χ3v) is 4.80. The molecule has 1 aromatic heterocycles. The van der Waals surface area contributed by atoms with Crippen molar-refractivity contribution in [1.29, 1.82) is 0 Å². The van der Waals surface area contributed by atoms with Gasteiger partial charge in [0.1, 0.15) is 11.3 Å². The van der Waals surface area contributed by atoms with E-state index in [2.05, 4.69) is 10.9 Å². The van der Waals surface area contributed by atoms with Crippen LogP contribution >= 0.6 is 22.9 Å². The Morgan fingerprint density at radius 3 is 2.76 bits per heavy atom. The van der Waals surface area contributed by atoms with Gasteiger partial charge in [-0.1, -0.05) is 34.9 Å². The van der Waals surface area contributed by atoms with Gasteiger partial charge in [0.2, 0.25) is 0 Å². The van der Waals surface area contributed by atoms with Crippen LogP contribution in [0.2, 0.25) is 5.02 Å². The number of terminal acetylenes is 1. The fraction of sp³-hybridized carbons (Fsp3) is 0.158.